The predicted octanol–water partition coefficient (Wildman–Crippen LogP) is 9.27. The topological polar surface area (TPSA) is 41.9 Å². The van der Waals surface area contributed by atoms with Gasteiger partial charge in [0.15, 0.2) is 5.17 Å². The van der Waals surface area contributed by atoms with Crippen LogP contribution in [0, 0.1) is 6.92 Å². The predicted molar refractivity (Wildman–Crippen MR) is 171 cm³/mol. The molecule has 0 atom stereocenters. The molecule has 1 heterocycles. The summed E-state index contributed by atoms with van der Waals surface area (Å²) in [5.41, 5.74) is 7.34. The van der Waals surface area contributed by atoms with E-state index in [1.54, 1.807) is 4.90 Å². The molecule has 4 aromatic carbocycles. The molecule has 6 heteroatoms. The quantitative estimate of drug-likeness (QED) is 0.187. The van der Waals surface area contributed by atoms with Gasteiger partial charge in [0.25, 0.3) is 5.91 Å². The lowest BCUT2D eigenvalue weighted by Crippen LogP contribution is -2.28. The molecule has 202 valence electrons. The fraction of sp³-hybridized carbons (Fsp3) is 0.176. The number of hydrogen-bond donors (Lipinski definition) is 0. The Labute approximate surface area is 248 Å². The third kappa shape index (κ3) is 6.57. The van der Waals surface area contributed by atoms with E-state index in [9.17, 15) is 4.79 Å². The Kier molecular flexibility index (Phi) is 8.88. The number of anilines is 1. The minimum Gasteiger partial charge on any atom is -0.488 e. The fourth-order valence-corrected chi connectivity index (χ4v) is 5.92. The third-order valence-electron chi connectivity index (χ3n) is 6.71. The van der Waals surface area contributed by atoms with Crippen molar-refractivity contribution < 1.29 is 9.53 Å². The molecule has 1 aliphatic rings. The summed E-state index contributed by atoms with van der Waals surface area (Å²) < 4.78 is 6.89. The van der Waals surface area contributed by atoms with Crippen molar-refractivity contribution in [2.45, 2.75) is 40.2 Å². The number of amidine groups is 1. The van der Waals surface area contributed by atoms with Gasteiger partial charge in [-0.1, -0.05) is 74.0 Å². The molecule has 0 saturated carbocycles. The highest BCUT2D eigenvalue weighted by molar-refractivity contribution is 9.10. The zero-order valence-corrected chi connectivity index (χ0v) is 25.3. The number of nitrogens with zero attached hydrogens (tertiary/aromatic N) is 2. The summed E-state index contributed by atoms with van der Waals surface area (Å²) in [6.45, 7) is 6.81. The number of carbonyl (C=O) groups excluding carboxylic acids is 1. The molecule has 5 rings (SSSR count). The summed E-state index contributed by atoms with van der Waals surface area (Å²) in [5, 5.41) is 0.641. The average molecular weight is 612 g/mol. The van der Waals surface area contributed by atoms with Gasteiger partial charge in [-0.3, -0.25) is 9.69 Å². The van der Waals surface area contributed by atoms with Crippen molar-refractivity contribution in [2.24, 2.45) is 4.99 Å². The van der Waals surface area contributed by atoms with Gasteiger partial charge in [0, 0.05) is 0 Å². The largest absolute Gasteiger partial charge is 0.488 e. The van der Waals surface area contributed by atoms with Crippen LogP contribution in [0.2, 0.25) is 0 Å². The molecule has 0 spiro atoms. The van der Waals surface area contributed by atoms with Crippen LogP contribution in [0.5, 0.6) is 5.75 Å². The number of rotatable bonds is 8. The van der Waals surface area contributed by atoms with Crippen LogP contribution in [0.25, 0.3) is 6.08 Å². The first-order chi connectivity index (χ1) is 19.4. The monoisotopic (exact) mass is 610 g/mol. The number of carbonyl (C=O) groups is 1. The van der Waals surface area contributed by atoms with Gasteiger partial charge in [-0.15, -0.1) is 0 Å². The van der Waals surface area contributed by atoms with E-state index >= 15 is 0 Å². The van der Waals surface area contributed by atoms with Crippen LogP contribution in [-0.2, 0) is 24.2 Å². The molecule has 4 nitrogen and oxygen atoms in total. The van der Waals surface area contributed by atoms with Gasteiger partial charge in [-0.25, -0.2) is 4.99 Å². The molecule has 1 fully saturated rings. The van der Waals surface area contributed by atoms with Crippen molar-refractivity contribution in [3.05, 3.63) is 128 Å². The normalized spacial score (nSPS) is 15.3. The highest BCUT2D eigenvalue weighted by Crippen LogP contribution is 2.38. The summed E-state index contributed by atoms with van der Waals surface area (Å²) in [6.07, 6.45) is 3.83. The van der Waals surface area contributed by atoms with Crippen molar-refractivity contribution in [3.8, 4) is 5.75 Å². The van der Waals surface area contributed by atoms with Crippen LogP contribution in [0.3, 0.4) is 0 Å². The summed E-state index contributed by atoms with van der Waals surface area (Å²) in [6, 6.07) is 30.4. The second kappa shape index (κ2) is 12.7. The van der Waals surface area contributed by atoms with E-state index in [1.165, 1.54) is 28.5 Å². The number of thioether (sulfide) groups is 1. The Bertz CT molecular complexity index is 1580. The summed E-state index contributed by atoms with van der Waals surface area (Å²) >= 11 is 5.04. The molecule has 0 unspecified atom stereocenters. The van der Waals surface area contributed by atoms with Crippen molar-refractivity contribution in [3.63, 3.8) is 0 Å². The average Bonchev–Trinajstić information content (AvgIpc) is 3.26. The molecular formula is C34H31BrN2O2S. The lowest BCUT2D eigenvalue weighted by atomic mass is 10.1. The SMILES string of the molecule is CCc1ccc(N=C2S/C(=C\c3ccc(OCc4cccc(C)c4)c(Br)c3)C(=O)N2c2ccc(CC)cc2)cc1. The van der Waals surface area contributed by atoms with Gasteiger partial charge in [-0.2, -0.15) is 0 Å². The Morgan fingerprint density at radius 3 is 2.23 bits per heavy atom. The molecule has 1 amide bonds. The van der Waals surface area contributed by atoms with Gasteiger partial charge in [0.05, 0.1) is 20.8 Å². The zero-order valence-electron chi connectivity index (χ0n) is 22.9. The smallest absolute Gasteiger partial charge is 0.271 e. The van der Waals surface area contributed by atoms with Crippen LogP contribution >= 0.6 is 27.7 Å². The van der Waals surface area contributed by atoms with E-state index < -0.39 is 0 Å². The number of aliphatic imine (C=N–C) groups is 1. The van der Waals surface area contributed by atoms with E-state index in [0.29, 0.717) is 16.7 Å². The van der Waals surface area contributed by atoms with Gasteiger partial charge in [0.1, 0.15) is 12.4 Å². The molecule has 1 saturated heterocycles. The van der Waals surface area contributed by atoms with Gasteiger partial charge < -0.3 is 4.74 Å². The first-order valence-electron chi connectivity index (χ1n) is 13.4. The van der Waals surface area contributed by atoms with Crippen LogP contribution in [0.1, 0.15) is 41.7 Å². The number of aryl methyl sites for hydroxylation is 3. The summed E-state index contributed by atoms with van der Waals surface area (Å²) in [7, 11) is 0. The number of halogens is 1. The Hall–Kier alpha value is -3.61. The molecule has 0 bridgehead atoms. The van der Waals surface area contributed by atoms with Crippen molar-refractivity contribution >= 4 is 56.2 Å². The minimum absolute atomic E-state index is 0.0888. The van der Waals surface area contributed by atoms with Crippen LogP contribution in [-0.4, -0.2) is 11.1 Å². The Morgan fingerprint density at radius 2 is 1.57 bits per heavy atom. The lowest BCUT2D eigenvalue weighted by molar-refractivity contribution is -0.113. The van der Waals surface area contributed by atoms with E-state index in [-0.39, 0.29) is 5.91 Å². The maximum atomic E-state index is 13.7. The van der Waals surface area contributed by atoms with Crippen molar-refractivity contribution in [1.29, 1.82) is 0 Å². The molecule has 40 heavy (non-hydrogen) atoms. The maximum absolute atomic E-state index is 13.7. The number of amides is 1. The highest BCUT2D eigenvalue weighted by atomic mass is 79.9. The number of benzene rings is 4. The van der Waals surface area contributed by atoms with Crippen LogP contribution in [0.4, 0.5) is 11.4 Å². The Balaban J connectivity index is 1.42. The molecule has 0 aliphatic carbocycles. The van der Waals surface area contributed by atoms with E-state index in [1.807, 2.05) is 54.6 Å². The van der Waals surface area contributed by atoms with E-state index in [0.717, 1.165) is 45.6 Å². The minimum atomic E-state index is -0.0888. The second-order valence-electron chi connectivity index (χ2n) is 9.65. The van der Waals surface area contributed by atoms with Gasteiger partial charge in [0.2, 0.25) is 0 Å². The zero-order chi connectivity index (χ0) is 28.1. The van der Waals surface area contributed by atoms with Crippen molar-refractivity contribution in [2.75, 3.05) is 4.90 Å². The second-order valence-corrected chi connectivity index (χ2v) is 11.5. The highest BCUT2D eigenvalue weighted by Gasteiger charge is 2.34. The molecule has 0 N–H and O–H groups in total. The molecule has 0 aromatic heterocycles. The first-order valence-corrected chi connectivity index (χ1v) is 15.0. The number of hydrogen-bond acceptors (Lipinski definition) is 4. The summed E-state index contributed by atoms with van der Waals surface area (Å²) in [5.74, 6) is 0.665. The molecule has 4 aromatic rings. The molecular weight excluding hydrogens is 580 g/mol. The van der Waals surface area contributed by atoms with Crippen molar-refractivity contribution in [1.82, 2.24) is 0 Å². The fourth-order valence-electron chi connectivity index (χ4n) is 4.41. The Morgan fingerprint density at radius 1 is 0.875 bits per heavy atom. The molecule has 0 radical (unpaired) electrons. The third-order valence-corrected chi connectivity index (χ3v) is 8.30. The lowest BCUT2D eigenvalue weighted by Gasteiger charge is -2.16. The van der Waals surface area contributed by atoms with E-state index in [4.69, 9.17) is 9.73 Å². The number of ether oxygens (including phenoxy) is 1. The van der Waals surface area contributed by atoms with Crippen LogP contribution in [0.15, 0.2) is 105 Å². The summed E-state index contributed by atoms with van der Waals surface area (Å²) in [4.78, 5) is 20.9. The van der Waals surface area contributed by atoms with Crippen LogP contribution < -0.4 is 9.64 Å². The molecule has 1 aliphatic heterocycles. The van der Waals surface area contributed by atoms with Gasteiger partial charge in [-0.05, 0) is 112 Å². The first kappa shape index (κ1) is 27.9. The van der Waals surface area contributed by atoms with Gasteiger partial charge >= 0.3 is 0 Å². The standard InChI is InChI=1S/C34H31BrN2O2S/c1-4-24-9-14-28(15-10-24)36-34-37(29-16-11-25(5-2)12-17-29)33(38)32(40-34)21-26-13-18-31(30(35)20-26)39-22-27-8-6-7-23(3)19-27/h6-21H,4-5,22H2,1-3H3/b32-21-,36-34?. The van der Waals surface area contributed by atoms with E-state index in [2.05, 4.69) is 79.2 Å². The maximum Gasteiger partial charge on any atom is 0.271 e.